The summed E-state index contributed by atoms with van der Waals surface area (Å²) >= 11 is 0. The smallest absolute Gasteiger partial charge is 0.266 e. The van der Waals surface area contributed by atoms with Gasteiger partial charge < -0.3 is 4.74 Å². The van der Waals surface area contributed by atoms with Crippen molar-refractivity contribution in [2.75, 3.05) is 6.61 Å². The Labute approximate surface area is 106 Å². The lowest BCUT2D eigenvalue weighted by atomic mass is 10.1. The predicted molar refractivity (Wildman–Crippen MR) is 70.8 cm³/mol. The Kier molecular flexibility index (Phi) is 3.77. The zero-order chi connectivity index (χ0) is 13.0. The number of aryl methyl sites for hydroxylation is 1. The van der Waals surface area contributed by atoms with Gasteiger partial charge in [-0.1, -0.05) is 12.1 Å². The average molecular weight is 244 g/mol. The van der Waals surface area contributed by atoms with Crippen molar-refractivity contribution in [3.63, 3.8) is 0 Å². The SMILES string of the molecule is CCOc1cccc(-c2ccc(=O)n(CC)n2)c1. The van der Waals surface area contributed by atoms with E-state index in [4.69, 9.17) is 4.74 Å². The van der Waals surface area contributed by atoms with Crippen LogP contribution in [0, 0.1) is 0 Å². The number of ether oxygens (including phenoxy) is 1. The predicted octanol–water partition coefficient (Wildman–Crippen LogP) is 2.33. The van der Waals surface area contributed by atoms with Gasteiger partial charge in [0.05, 0.1) is 12.3 Å². The second-order valence-corrected chi connectivity index (χ2v) is 3.83. The molecule has 0 saturated carbocycles. The standard InChI is InChI=1S/C14H16N2O2/c1-3-16-14(17)9-8-13(15-16)11-6-5-7-12(10-11)18-4-2/h5-10H,3-4H2,1-2H3. The van der Waals surface area contributed by atoms with Crippen LogP contribution in [-0.4, -0.2) is 16.4 Å². The van der Waals surface area contributed by atoms with E-state index in [0.29, 0.717) is 13.2 Å². The number of rotatable bonds is 4. The summed E-state index contributed by atoms with van der Waals surface area (Å²) in [6.45, 7) is 5.04. The zero-order valence-corrected chi connectivity index (χ0v) is 10.6. The van der Waals surface area contributed by atoms with Gasteiger partial charge in [0.2, 0.25) is 0 Å². The number of hydrogen-bond donors (Lipinski definition) is 0. The molecule has 4 heteroatoms. The number of nitrogens with zero attached hydrogens (tertiary/aromatic N) is 2. The van der Waals surface area contributed by atoms with Crippen molar-refractivity contribution in [3.8, 4) is 17.0 Å². The van der Waals surface area contributed by atoms with Gasteiger partial charge in [0, 0.05) is 18.2 Å². The van der Waals surface area contributed by atoms with E-state index < -0.39 is 0 Å². The number of hydrogen-bond acceptors (Lipinski definition) is 3. The second kappa shape index (κ2) is 5.49. The molecule has 0 unspecified atom stereocenters. The third kappa shape index (κ3) is 2.59. The molecule has 0 fully saturated rings. The van der Waals surface area contributed by atoms with Crippen LogP contribution < -0.4 is 10.3 Å². The van der Waals surface area contributed by atoms with Crippen molar-refractivity contribution < 1.29 is 4.74 Å². The Morgan fingerprint density at radius 3 is 2.78 bits per heavy atom. The normalized spacial score (nSPS) is 10.3. The minimum Gasteiger partial charge on any atom is -0.494 e. The molecule has 2 aromatic rings. The largest absolute Gasteiger partial charge is 0.494 e. The minimum absolute atomic E-state index is 0.0813. The van der Waals surface area contributed by atoms with Crippen LogP contribution in [-0.2, 0) is 6.54 Å². The zero-order valence-electron chi connectivity index (χ0n) is 10.6. The summed E-state index contributed by atoms with van der Waals surface area (Å²) in [6, 6.07) is 11.0. The molecule has 0 saturated heterocycles. The van der Waals surface area contributed by atoms with Crippen molar-refractivity contribution in [3.05, 3.63) is 46.8 Å². The summed E-state index contributed by atoms with van der Waals surface area (Å²) in [5, 5.41) is 4.31. The van der Waals surface area contributed by atoms with E-state index in [9.17, 15) is 4.79 Å². The first kappa shape index (κ1) is 12.4. The fraction of sp³-hybridized carbons (Fsp3) is 0.286. The van der Waals surface area contributed by atoms with Crippen LogP contribution in [0.15, 0.2) is 41.2 Å². The highest BCUT2D eigenvalue weighted by atomic mass is 16.5. The summed E-state index contributed by atoms with van der Waals surface area (Å²) in [7, 11) is 0. The van der Waals surface area contributed by atoms with Gasteiger partial charge in [-0.3, -0.25) is 4.79 Å². The maximum absolute atomic E-state index is 11.5. The molecule has 0 spiro atoms. The highest BCUT2D eigenvalue weighted by molar-refractivity contribution is 5.60. The molecule has 0 amide bonds. The van der Waals surface area contributed by atoms with Crippen LogP contribution in [0.2, 0.25) is 0 Å². The maximum Gasteiger partial charge on any atom is 0.266 e. The third-order valence-corrected chi connectivity index (χ3v) is 2.61. The van der Waals surface area contributed by atoms with Crippen LogP contribution in [0.4, 0.5) is 0 Å². The fourth-order valence-corrected chi connectivity index (χ4v) is 1.74. The van der Waals surface area contributed by atoms with Gasteiger partial charge in [-0.15, -0.1) is 0 Å². The first-order valence-electron chi connectivity index (χ1n) is 6.06. The van der Waals surface area contributed by atoms with Crippen molar-refractivity contribution >= 4 is 0 Å². The lowest BCUT2D eigenvalue weighted by molar-refractivity contribution is 0.340. The summed E-state index contributed by atoms with van der Waals surface area (Å²) in [4.78, 5) is 11.5. The quantitative estimate of drug-likeness (QED) is 0.829. The third-order valence-electron chi connectivity index (χ3n) is 2.61. The topological polar surface area (TPSA) is 44.1 Å². The van der Waals surface area contributed by atoms with Crippen LogP contribution in [0.3, 0.4) is 0 Å². The molecule has 0 radical (unpaired) electrons. The van der Waals surface area contributed by atoms with Crippen LogP contribution in [0.25, 0.3) is 11.3 Å². The number of benzene rings is 1. The first-order chi connectivity index (χ1) is 8.74. The minimum atomic E-state index is -0.0813. The van der Waals surface area contributed by atoms with Gasteiger partial charge in [-0.2, -0.15) is 5.10 Å². The Hall–Kier alpha value is -2.10. The molecule has 0 aliphatic heterocycles. The molecule has 2 rings (SSSR count). The summed E-state index contributed by atoms with van der Waals surface area (Å²) < 4.78 is 6.90. The van der Waals surface area contributed by atoms with E-state index in [1.165, 1.54) is 4.68 Å². The first-order valence-corrected chi connectivity index (χ1v) is 6.06. The fourth-order valence-electron chi connectivity index (χ4n) is 1.74. The van der Waals surface area contributed by atoms with Gasteiger partial charge in [0.25, 0.3) is 5.56 Å². The van der Waals surface area contributed by atoms with Gasteiger partial charge in [0.1, 0.15) is 5.75 Å². The Morgan fingerprint density at radius 1 is 1.22 bits per heavy atom. The lowest BCUT2D eigenvalue weighted by Crippen LogP contribution is -2.20. The van der Waals surface area contributed by atoms with Crippen LogP contribution >= 0.6 is 0 Å². The molecule has 0 aliphatic carbocycles. The van der Waals surface area contributed by atoms with Crippen molar-refractivity contribution in [2.45, 2.75) is 20.4 Å². The molecule has 94 valence electrons. The van der Waals surface area contributed by atoms with Gasteiger partial charge in [-0.05, 0) is 32.0 Å². The molecule has 4 nitrogen and oxygen atoms in total. The van der Waals surface area contributed by atoms with Crippen molar-refractivity contribution in [2.24, 2.45) is 0 Å². The number of aromatic nitrogens is 2. The molecule has 1 aromatic carbocycles. The maximum atomic E-state index is 11.5. The van der Waals surface area contributed by atoms with E-state index in [1.54, 1.807) is 12.1 Å². The average Bonchev–Trinajstić information content (AvgIpc) is 2.40. The van der Waals surface area contributed by atoms with Gasteiger partial charge in [0.15, 0.2) is 0 Å². The molecule has 0 aliphatic rings. The van der Waals surface area contributed by atoms with Crippen molar-refractivity contribution in [1.29, 1.82) is 0 Å². The molecule has 1 aromatic heterocycles. The Bertz CT molecular complexity index is 590. The van der Waals surface area contributed by atoms with Crippen LogP contribution in [0.5, 0.6) is 5.75 Å². The highest BCUT2D eigenvalue weighted by Crippen LogP contribution is 2.21. The molecule has 0 N–H and O–H groups in total. The molecule has 18 heavy (non-hydrogen) atoms. The Morgan fingerprint density at radius 2 is 2.06 bits per heavy atom. The molecule has 1 heterocycles. The molecular weight excluding hydrogens is 228 g/mol. The summed E-state index contributed by atoms with van der Waals surface area (Å²) in [5.74, 6) is 0.811. The summed E-state index contributed by atoms with van der Waals surface area (Å²) in [6.07, 6.45) is 0. The molecular formula is C14H16N2O2. The van der Waals surface area contributed by atoms with E-state index in [1.807, 2.05) is 38.1 Å². The van der Waals surface area contributed by atoms with E-state index in [2.05, 4.69) is 5.10 Å². The molecule has 0 bridgehead atoms. The van der Waals surface area contributed by atoms with E-state index in [0.717, 1.165) is 17.0 Å². The lowest BCUT2D eigenvalue weighted by Gasteiger charge is -2.07. The second-order valence-electron chi connectivity index (χ2n) is 3.83. The Balaban J connectivity index is 2.41. The van der Waals surface area contributed by atoms with Gasteiger partial charge in [-0.25, -0.2) is 4.68 Å². The monoisotopic (exact) mass is 244 g/mol. The van der Waals surface area contributed by atoms with Crippen molar-refractivity contribution in [1.82, 2.24) is 9.78 Å². The highest BCUT2D eigenvalue weighted by Gasteiger charge is 2.03. The van der Waals surface area contributed by atoms with Crippen LogP contribution in [0.1, 0.15) is 13.8 Å². The van der Waals surface area contributed by atoms with E-state index in [-0.39, 0.29) is 5.56 Å². The van der Waals surface area contributed by atoms with Gasteiger partial charge >= 0.3 is 0 Å². The molecule has 0 atom stereocenters. The summed E-state index contributed by atoms with van der Waals surface area (Å²) in [5.41, 5.74) is 1.64. The van der Waals surface area contributed by atoms with E-state index >= 15 is 0 Å².